The van der Waals surface area contributed by atoms with Crippen LogP contribution in [0.2, 0.25) is 0 Å². The monoisotopic (exact) mass is 305 g/mol. The number of para-hydroxylation sites is 1. The molecule has 0 bridgehead atoms. The van der Waals surface area contributed by atoms with Gasteiger partial charge in [-0.1, -0.05) is 18.2 Å². The van der Waals surface area contributed by atoms with Gasteiger partial charge in [0.05, 0.1) is 5.75 Å². The van der Waals surface area contributed by atoms with Crippen molar-refractivity contribution in [3.8, 4) is 0 Å². The Balaban J connectivity index is 1.84. The Hall–Kier alpha value is -2.41. The first-order valence-electron chi connectivity index (χ1n) is 6.30. The summed E-state index contributed by atoms with van der Waals surface area (Å²) in [6.07, 6.45) is 3.01. The van der Waals surface area contributed by atoms with Gasteiger partial charge in [0.2, 0.25) is 10.0 Å². The number of carbonyl (C=O) groups is 1. The van der Waals surface area contributed by atoms with E-state index in [-0.39, 0.29) is 18.2 Å². The van der Waals surface area contributed by atoms with E-state index in [0.29, 0.717) is 11.3 Å². The number of nitrogens with one attached hydrogen (secondary N) is 2. The standard InChI is InChI=1S/C14H15N3O3S/c18-14(12-6-8-15-9-7-12)16-10-11-21(19,20)17-13-4-2-1-3-5-13/h1-9,17H,10-11H2,(H,16,18). The van der Waals surface area contributed by atoms with Gasteiger partial charge in [-0.05, 0) is 24.3 Å². The van der Waals surface area contributed by atoms with Gasteiger partial charge in [-0.2, -0.15) is 0 Å². The summed E-state index contributed by atoms with van der Waals surface area (Å²) < 4.78 is 26.1. The van der Waals surface area contributed by atoms with Crippen molar-refractivity contribution in [2.45, 2.75) is 0 Å². The summed E-state index contributed by atoms with van der Waals surface area (Å²) in [6.45, 7) is 0.0311. The zero-order valence-electron chi connectivity index (χ0n) is 11.2. The molecule has 6 nitrogen and oxygen atoms in total. The van der Waals surface area contributed by atoms with Crippen LogP contribution < -0.4 is 10.0 Å². The van der Waals surface area contributed by atoms with E-state index in [2.05, 4.69) is 15.0 Å². The Bertz CT molecular complexity index is 688. The van der Waals surface area contributed by atoms with E-state index in [1.807, 2.05) is 0 Å². The van der Waals surface area contributed by atoms with Crippen LogP contribution in [0.4, 0.5) is 5.69 Å². The number of amides is 1. The number of sulfonamides is 1. The third-order valence-electron chi connectivity index (χ3n) is 2.65. The number of aromatic nitrogens is 1. The van der Waals surface area contributed by atoms with Crippen molar-refractivity contribution in [2.75, 3.05) is 17.0 Å². The quantitative estimate of drug-likeness (QED) is 0.841. The first-order valence-corrected chi connectivity index (χ1v) is 7.96. The topological polar surface area (TPSA) is 88.2 Å². The van der Waals surface area contributed by atoms with Gasteiger partial charge < -0.3 is 5.32 Å². The number of benzene rings is 1. The Kier molecular flexibility index (Phi) is 4.89. The normalized spacial score (nSPS) is 10.9. The van der Waals surface area contributed by atoms with Crippen LogP contribution in [-0.2, 0) is 10.0 Å². The minimum atomic E-state index is -3.49. The number of pyridine rings is 1. The van der Waals surface area contributed by atoms with Gasteiger partial charge in [0.15, 0.2) is 0 Å². The molecule has 110 valence electrons. The Labute approximate surface area is 123 Å². The summed E-state index contributed by atoms with van der Waals surface area (Å²) in [4.78, 5) is 15.5. The van der Waals surface area contributed by atoms with Crippen LogP contribution in [0.3, 0.4) is 0 Å². The van der Waals surface area contributed by atoms with Gasteiger partial charge in [-0.15, -0.1) is 0 Å². The SMILES string of the molecule is O=C(NCCS(=O)(=O)Nc1ccccc1)c1ccncc1. The van der Waals surface area contributed by atoms with E-state index >= 15 is 0 Å². The highest BCUT2D eigenvalue weighted by Gasteiger charge is 2.11. The molecule has 0 atom stereocenters. The molecule has 0 spiro atoms. The van der Waals surface area contributed by atoms with Crippen LogP contribution in [0, 0.1) is 0 Å². The van der Waals surface area contributed by atoms with Crippen molar-refractivity contribution in [1.29, 1.82) is 0 Å². The lowest BCUT2D eigenvalue weighted by Gasteiger charge is -2.08. The maximum Gasteiger partial charge on any atom is 0.251 e. The Morgan fingerprint density at radius 3 is 2.38 bits per heavy atom. The van der Waals surface area contributed by atoms with Crippen LogP contribution in [-0.4, -0.2) is 31.6 Å². The molecule has 1 amide bonds. The zero-order valence-corrected chi connectivity index (χ0v) is 12.0. The summed E-state index contributed by atoms with van der Waals surface area (Å²) in [5.74, 6) is -0.522. The third kappa shape index (κ3) is 4.88. The zero-order chi connectivity index (χ0) is 15.1. The van der Waals surface area contributed by atoms with E-state index < -0.39 is 10.0 Å². The molecule has 1 aromatic carbocycles. The van der Waals surface area contributed by atoms with E-state index in [0.717, 1.165) is 0 Å². The molecule has 1 heterocycles. The predicted octanol–water partition coefficient (Wildman–Crippen LogP) is 1.25. The van der Waals surface area contributed by atoms with Crippen LogP contribution in [0.5, 0.6) is 0 Å². The van der Waals surface area contributed by atoms with Crippen molar-refractivity contribution in [1.82, 2.24) is 10.3 Å². The smallest absolute Gasteiger partial charge is 0.251 e. The fourth-order valence-electron chi connectivity index (χ4n) is 1.64. The molecule has 2 N–H and O–H groups in total. The molecule has 1 aromatic heterocycles. The number of rotatable bonds is 6. The molecule has 0 unspecified atom stereocenters. The summed E-state index contributed by atoms with van der Waals surface area (Å²) in [6, 6.07) is 11.7. The first kappa shape index (κ1) is 15.0. The van der Waals surface area contributed by atoms with Gasteiger partial charge >= 0.3 is 0 Å². The Morgan fingerprint density at radius 1 is 1.05 bits per heavy atom. The fourth-order valence-corrected chi connectivity index (χ4v) is 2.61. The van der Waals surface area contributed by atoms with Crippen molar-refractivity contribution in [2.24, 2.45) is 0 Å². The second-order valence-corrected chi connectivity index (χ2v) is 6.12. The van der Waals surface area contributed by atoms with E-state index in [9.17, 15) is 13.2 Å². The van der Waals surface area contributed by atoms with E-state index in [1.54, 1.807) is 42.5 Å². The minimum Gasteiger partial charge on any atom is -0.351 e. The molecule has 2 rings (SSSR count). The van der Waals surface area contributed by atoms with Gasteiger partial charge in [-0.3, -0.25) is 14.5 Å². The molecule has 0 radical (unpaired) electrons. The first-order chi connectivity index (χ1) is 10.1. The molecule has 0 aliphatic heterocycles. The minimum absolute atomic E-state index is 0.0311. The number of hydrogen-bond acceptors (Lipinski definition) is 4. The van der Waals surface area contributed by atoms with E-state index in [4.69, 9.17) is 0 Å². The average Bonchev–Trinajstić information content (AvgIpc) is 2.48. The van der Waals surface area contributed by atoms with Gasteiger partial charge in [0.25, 0.3) is 5.91 Å². The molecule has 0 aliphatic rings. The van der Waals surface area contributed by atoms with Crippen LogP contribution in [0.25, 0.3) is 0 Å². The average molecular weight is 305 g/mol. The summed E-state index contributed by atoms with van der Waals surface area (Å²) in [5.41, 5.74) is 0.941. The van der Waals surface area contributed by atoms with Gasteiger partial charge in [-0.25, -0.2) is 8.42 Å². The maximum atomic E-state index is 11.8. The molecule has 21 heavy (non-hydrogen) atoms. The van der Waals surface area contributed by atoms with Crippen LogP contribution in [0.1, 0.15) is 10.4 Å². The lowest BCUT2D eigenvalue weighted by molar-refractivity contribution is 0.0956. The van der Waals surface area contributed by atoms with Crippen molar-refractivity contribution < 1.29 is 13.2 Å². The van der Waals surface area contributed by atoms with Crippen molar-refractivity contribution in [3.63, 3.8) is 0 Å². The fraction of sp³-hybridized carbons (Fsp3) is 0.143. The molecule has 0 saturated heterocycles. The summed E-state index contributed by atoms with van der Waals surface area (Å²) in [5, 5.41) is 2.55. The van der Waals surface area contributed by atoms with Crippen LogP contribution in [0.15, 0.2) is 54.9 Å². The molecular weight excluding hydrogens is 290 g/mol. The van der Waals surface area contributed by atoms with E-state index in [1.165, 1.54) is 12.4 Å². The predicted molar refractivity (Wildman–Crippen MR) is 80.4 cm³/mol. The molecule has 0 aliphatic carbocycles. The molecule has 7 heteroatoms. The van der Waals surface area contributed by atoms with Crippen molar-refractivity contribution in [3.05, 3.63) is 60.4 Å². The highest BCUT2D eigenvalue weighted by atomic mass is 32.2. The van der Waals surface area contributed by atoms with Crippen LogP contribution >= 0.6 is 0 Å². The Morgan fingerprint density at radius 2 is 1.71 bits per heavy atom. The number of hydrogen-bond donors (Lipinski definition) is 2. The summed E-state index contributed by atoms with van der Waals surface area (Å²) >= 11 is 0. The highest BCUT2D eigenvalue weighted by Crippen LogP contribution is 2.07. The van der Waals surface area contributed by atoms with Gasteiger partial charge in [0.1, 0.15) is 0 Å². The second-order valence-electron chi connectivity index (χ2n) is 4.28. The lowest BCUT2D eigenvalue weighted by Crippen LogP contribution is -2.31. The molecule has 0 fully saturated rings. The molecule has 0 saturated carbocycles. The largest absolute Gasteiger partial charge is 0.351 e. The maximum absolute atomic E-state index is 11.8. The summed E-state index contributed by atoms with van der Waals surface area (Å²) in [7, 11) is -3.49. The number of nitrogens with zero attached hydrogens (tertiary/aromatic N) is 1. The molecular formula is C14H15N3O3S. The van der Waals surface area contributed by atoms with Crippen molar-refractivity contribution >= 4 is 21.6 Å². The third-order valence-corrected chi connectivity index (χ3v) is 3.93. The molecule has 2 aromatic rings. The number of carbonyl (C=O) groups excluding carboxylic acids is 1. The highest BCUT2D eigenvalue weighted by molar-refractivity contribution is 7.92. The second kappa shape index (κ2) is 6.85. The number of anilines is 1. The van der Waals surface area contributed by atoms with Gasteiger partial charge in [0, 0.05) is 30.2 Å². The lowest BCUT2D eigenvalue weighted by atomic mass is 10.2.